The van der Waals surface area contributed by atoms with Gasteiger partial charge in [0, 0.05) is 15.4 Å². The molecular formula is C23H14BrNO2. The van der Waals surface area contributed by atoms with Crippen molar-refractivity contribution in [1.29, 1.82) is 0 Å². The normalized spacial score (nSPS) is 11.3. The molecule has 4 heteroatoms. The highest BCUT2D eigenvalue weighted by Crippen LogP contribution is 2.38. The maximum atomic E-state index is 13.4. The zero-order valence-corrected chi connectivity index (χ0v) is 15.8. The fraction of sp³-hybridized carbons (Fsp3) is 0. The van der Waals surface area contributed by atoms with Gasteiger partial charge in [0.1, 0.15) is 12.0 Å². The Morgan fingerprint density at radius 1 is 0.815 bits per heavy atom. The van der Waals surface area contributed by atoms with Crippen LogP contribution in [0.3, 0.4) is 0 Å². The number of nitrogens with zero attached hydrogens (tertiary/aromatic N) is 1. The summed E-state index contributed by atoms with van der Waals surface area (Å²) < 4.78 is 8.43. The van der Waals surface area contributed by atoms with Gasteiger partial charge in [0.05, 0.1) is 22.0 Å². The third-order valence-electron chi connectivity index (χ3n) is 4.77. The zero-order valence-electron chi connectivity index (χ0n) is 14.2. The molecule has 0 saturated carbocycles. The van der Waals surface area contributed by atoms with E-state index >= 15 is 0 Å². The van der Waals surface area contributed by atoms with E-state index < -0.39 is 0 Å². The first-order chi connectivity index (χ1) is 13.3. The second-order valence-electron chi connectivity index (χ2n) is 6.33. The molecule has 0 atom stereocenters. The van der Waals surface area contributed by atoms with Crippen LogP contribution in [0.1, 0.15) is 10.4 Å². The average Bonchev–Trinajstić information content (AvgIpc) is 3.27. The topological polar surface area (TPSA) is 35.1 Å². The van der Waals surface area contributed by atoms with Crippen LogP contribution in [0.25, 0.3) is 33.1 Å². The number of furan rings is 1. The monoisotopic (exact) mass is 415 g/mol. The fourth-order valence-electron chi connectivity index (χ4n) is 3.56. The summed E-state index contributed by atoms with van der Waals surface area (Å²) in [5, 5.41) is 1.96. The molecule has 3 aromatic carbocycles. The second-order valence-corrected chi connectivity index (χ2v) is 7.18. The standard InChI is InChI=1S/C23H14BrNO2/c24-18-12-6-4-10-16(18)23(26)25-19-13-7-5-11-17(19)21-20(25)14-27-22(21)15-8-2-1-3-9-15/h1-14H. The molecule has 5 aromatic rings. The summed E-state index contributed by atoms with van der Waals surface area (Å²) in [5.74, 6) is 0.689. The van der Waals surface area contributed by atoms with Crippen molar-refractivity contribution in [1.82, 2.24) is 4.57 Å². The van der Waals surface area contributed by atoms with Crippen LogP contribution in [0.2, 0.25) is 0 Å². The SMILES string of the molecule is O=C(c1ccccc1Br)n1c2ccccc2c2c(-c3ccccc3)occ21. The van der Waals surface area contributed by atoms with Gasteiger partial charge in [-0.15, -0.1) is 0 Å². The van der Waals surface area contributed by atoms with Crippen LogP contribution in [0, 0.1) is 0 Å². The van der Waals surface area contributed by atoms with Gasteiger partial charge in [0.25, 0.3) is 5.91 Å². The van der Waals surface area contributed by atoms with Gasteiger partial charge in [-0.1, -0.05) is 60.7 Å². The Hall–Kier alpha value is -3.11. The quantitative estimate of drug-likeness (QED) is 0.329. The van der Waals surface area contributed by atoms with E-state index in [-0.39, 0.29) is 5.91 Å². The first kappa shape index (κ1) is 16.1. The first-order valence-corrected chi connectivity index (χ1v) is 9.40. The van der Waals surface area contributed by atoms with E-state index in [0.717, 1.165) is 37.6 Å². The van der Waals surface area contributed by atoms with Crippen molar-refractivity contribution in [3.63, 3.8) is 0 Å². The molecule has 0 aliphatic rings. The third kappa shape index (κ3) is 2.45. The van der Waals surface area contributed by atoms with Gasteiger partial charge in [0.2, 0.25) is 0 Å². The molecule has 0 N–H and O–H groups in total. The molecular weight excluding hydrogens is 402 g/mol. The minimum absolute atomic E-state index is 0.0888. The highest BCUT2D eigenvalue weighted by Gasteiger charge is 2.23. The largest absolute Gasteiger partial charge is 0.461 e. The first-order valence-electron chi connectivity index (χ1n) is 8.61. The molecule has 2 heterocycles. The highest BCUT2D eigenvalue weighted by molar-refractivity contribution is 9.10. The molecule has 0 unspecified atom stereocenters. The summed E-state index contributed by atoms with van der Waals surface area (Å²) in [7, 11) is 0. The van der Waals surface area contributed by atoms with Crippen molar-refractivity contribution in [2.45, 2.75) is 0 Å². The number of carbonyl (C=O) groups is 1. The van der Waals surface area contributed by atoms with Crippen molar-refractivity contribution in [2.75, 3.05) is 0 Å². The lowest BCUT2D eigenvalue weighted by atomic mass is 10.1. The Kier molecular flexibility index (Phi) is 3.73. The molecule has 27 heavy (non-hydrogen) atoms. The molecule has 0 fully saturated rings. The summed E-state index contributed by atoms with van der Waals surface area (Å²) in [5.41, 5.74) is 3.25. The number of aromatic nitrogens is 1. The third-order valence-corrected chi connectivity index (χ3v) is 5.46. The van der Waals surface area contributed by atoms with Crippen LogP contribution in [-0.4, -0.2) is 10.5 Å². The van der Waals surface area contributed by atoms with Crippen molar-refractivity contribution >= 4 is 43.6 Å². The second kappa shape index (κ2) is 6.25. The van der Waals surface area contributed by atoms with Crippen molar-refractivity contribution in [2.24, 2.45) is 0 Å². The van der Waals surface area contributed by atoms with Crippen LogP contribution in [0.4, 0.5) is 0 Å². The molecule has 5 rings (SSSR count). The zero-order chi connectivity index (χ0) is 18.4. The van der Waals surface area contributed by atoms with Crippen molar-refractivity contribution in [3.8, 4) is 11.3 Å². The Labute approximate surface area is 164 Å². The average molecular weight is 416 g/mol. The summed E-state index contributed by atoms with van der Waals surface area (Å²) in [6, 6.07) is 25.4. The van der Waals surface area contributed by atoms with Gasteiger partial charge in [-0.3, -0.25) is 9.36 Å². The maximum absolute atomic E-state index is 13.4. The molecule has 0 spiro atoms. The smallest absolute Gasteiger partial charge is 0.264 e. The molecule has 0 saturated heterocycles. The lowest BCUT2D eigenvalue weighted by Crippen LogP contribution is -2.11. The predicted octanol–water partition coefficient (Wildman–Crippen LogP) is 6.51. The number of para-hydroxylation sites is 1. The number of rotatable bonds is 2. The number of carbonyl (C=O) groups excluding carboxylic acids is 1. The Morgan fingerprint density at radius 3 is 2.33 bits per heavy atom. The lowest BCUT2D eigenvalue weighted by molar-refractivity contribution is 0.0968. The summed E-state index contributed by atoms with van der Waals surface area (Å²) in [6.07, 6.45) is 1.67. The number of halogens is 1. The molecule has 0 amide bonds. The van der Waals surface area contributed by atoms with Crippen LogP contribution >= 0.6 is 15.9 Å². The van der Waals surface area contributed by atoms with Gasteiger partial charge in [-0.2, -0.15) is 0 Å². The van der Waals surface area contributed by atoms with E-state index in [4.69, 9.17) is 4.42 Å². The van der Waals surface area contributed by atoms with E-state index in [2.05, 4.69) is 15.9 Å². The molecule has 0 bridgehead atoms. The Morgan fingerprint density at radius 2 is 1.52 bits per heavy atom. The number of hydrogen-bond donors (Lipinski definition) is 0. The van der Waals surface area contributed by atoms with Crippen LogP contribution in [0.15, 0.2) is 94.0 Å². The molecule has 0 aliphatic heterocycles. The maximum Gasteiger partial charge on any atom is 0.264 e. The van der Waals surface area contributed by atoms with E-state index in [9.17, 15) is 4.79 Å². The number of benzene rings is 3. The highest BCUT2D eigenvalue weighted by atomic mass is 79.9. The van der Waals surface area contributed by atoms with Crippen LogP contribution < -0.4 is 0 Å². The summed E-state index contributed by atoms with van der Waals surface area (Å²) in [4.78, 5) is 13.4. The van der Waals surface area contributed by atoms with Crippen LogP contribution in [-0.2, 0) is 0 Å². The summed E-state index contributed by atoms with van der Waals surface area (Å²) in [6.45, 7) is 0. The van der Waals surface area contributed by atoms with Gasteiger partial charge < -0.3 is 4.42 Å². The fourth-order valence-corrected chi connectivity index (χ4v) is 4.01. The molecule has 130 valence electrons. The van der Waals surface area contributed by atoms with Crippen molar-refractivity contribution < 1.29 is 9.21 Å². The molecule has 0 aliphatic carbocycles. The van der Waals surface area contributed by atoms with Gasteiger partial charge in [0.15, 0.2) is 0 Å². The van der Waals surface area contributed by atoms with Gasteiger partial charge >= 0.3 is 0 Å². The van der Waals surface area contributed by atoms with Crippen LogP contribution in [0.5, 0.6) is 0 Å². The number of hydrogen-bond acceptors (Lipinski definition) is 2. The van der Waals surface area contributed by atoms with Crippen molar-refractivity contribution in [3.05, 3.63) is 95.2 Å². The molecule has 2 aromatic heterocycles. The predicted molar refractivity (Wildman–Crippen MR) is 111 cm³/mol. The summed E-state index contributed by atoms with van der Waals surface area (Å²) >= 11 is 3.49. The molecule has 3 nitrogen and oxygen atoms in total. The minimum atomic E-state index is -0.0888. The van der Waals surface area contributed by atoms with Gasteiger partial charge in [-0.25, -0.2) is 0 Å². The Balaban J connectivity index is 1.84. The van der Waals surface area contributed by atoms with Gasteiger partial charge in [-0.05, 0) is 34.1 Å². The number of fused-ring (bicyclic) bond motifs is 3. The molecule has 0 radical (unpaired) electrons. The lowest BCUT2D eigenvalue weighted by Gasteiger charge is -2.07. The minimum Gasteiger partial charge on any atom is -0.461 e. The van der Waals surface area contributed by atoms with E-state index in [0.29, 0.717) is 5.56 Å². The van der Waals surface area contributed by atoms with E-state index in [1.165, 1.54) is 0 Å². The van der Waals surface area contributed by atoms with E-state index in [1.54, 1.807) is 10.8 Å². The van der Waals surface area contributed by atoms with E-state index in [1.807, 2.05) is 78.9 Å². The Bertz CT molecular complexity index is 1300.